The van der Waals surface area contributed by atoms with Crippen LogP contribution in [0.5, 0.6) is 0 Å². The molecule has 3 heteroatoms. The first kappa shape index (κ1) is 16.3. The molecule has 2 atom stereocenters. The lowest BCUT2D eigenvalue weighted by atomic mass is 9.70. The van der Waals surface area contributed by atoms with Crippen molar-refractivity contribution in [1.29, 1.82) is 0 Å². The van der Waals surface area contributed by atoms with Crippen LogP contribution in [0.4, 0.5) is 0 Å². The van der Waals surface area contributed by atoms with Gasteiger partial charge < -0.3 is 10.5 Å². The first-order valence-corrected chi connectivity index (χ1v) is 8.16. The lowest BCUT2D eigenvalue weighted by molar-refractivity contribution is -0.183. The van der Waals surface area contributed by atoms with Crippen molar-refractivity contribution in [1.82, 2.24) is 4.90 Å². The third-order valence-electron chi connectivity index (χ3n) is 4.83. The Balaban J connectivity index is 2.01. The molecule has 1 aliphatic heterocycles. The smallest absolute Gasteiger partial charge is 0.0760 e. The number of rotatable bonds is 2. The third kappa shape index (κ3) is 4.19. The summed E-state index contributed by atoms with van der Waals surface area (Å²) in [5, 5.41) is 0. The molecule has 2 fully saturated rings. The maximum Gasteiger partial charge on any atom is 0.0760 e. The van der Waals surface area contributed by atoms with Crippen LogP contribution in [0.1, 0.15) is 60.8 Å². The van der Waals surface area contributed by atoms with E-state index in [2.05, 4.69) is 46.4 Å². The second kappa shape index (κ2) is 5.26. The fraction of sp³-hybridized carbons (Fsp3) is 1.00. The van der Waals surface area contributed by atoms with Gasteiger partial charge in [0.15, 0.2) is 0 Å². The lowest BCUT2D eigenvalue weighted by Gasteiger charge is -2.49. The second-order valence-electron chi connectivity index (χ2n) is 9.12. The number of ether oxygens (including phenoxy) is 1. The molecule has 2 aliphatic rings. The molecule has 20 heavy (non-hydrogen) atoms. The van der Waals surface area contributed by atoms with Gasteiger partial charge in [0.25, 0.3) is 0 Å². The van der Waals surface area contributed by atoms with E-state index in [1.54, 1.807) is 0 Å². The highest BCUT2D eigenvalue weighted by atomic mass is 16.5. The average molecular weight is 282 g/mol. The highest BCUT2D eigenvalue weighted by molar-refractivity contribution is 4.93. The molecule has 0 aromatic carbocycles. The Morgan fingerprint density at radius 2 is 1.60 bits per heavy atom. The van der Waals surface area contributed by atoms with E-state index in [1.165, 1.54) is 19.3 Å². The van der Waals surface area contributed by atoms with Crippen molar-refractivity contribution in [3.63, 3.8) is 0 Å². The molecule has 0 radical (unpaired) electrons. The molecule has 0 aromatic heterocycles. The molecule has 1 saturated heterocycles. The Bertz CT molecular complexity index is 333. The van der Waals surface area contributed by atoms with Crippen molar-refractivity contribution in [3.05, 3.63) is 0 Å². The van der Waals surface area contributed by atoms with E-state index in [9.17, 15) is 0 Å². The fourth-order valence-electron chi connectivity index (χ4n) is 4.36. The first-order valence-electron chi connectivity index (χ1n) is 8.16. The van der Waals surface area contributed by atoms with Gasteiger partial charge in [-0.3, -0.25) is 4.90 Å². The fourth-order valence-corrected chi connectivity index (χ4v) is 4.36. The van der Waals surface area contributed by atoms with Crippen LogP contribution in [0.15, 0.2) is 0 Å². The monoisotopic (exact) mass is 282 g/mol. The van der Waals surface area contributed by atoms with Crippen LogP contribution in [-0.4, -0.2) is 41.8 Å². The zero-order valence-corrected chi connectivity index (χ0v) is 14.3. The maximum atomic E-state index is 6.39. The van der Waals surface area contributed by atoms with Gasteiger partial charge >= 0.3 is 0 Å². The van der Waals surface area contributed by atoms with Gasteiger partial charge in [0, 0.05) is 25.7 Å². The lowest BCUT2D eigenvalue weighted by Crippen LogP contribution is -2.59. The molecule has 0 spiro atoms. The van der Waals surface area contributed by atoms with Crippen LogP contribution in [0, 0.1) is 11.3 Å². The number of hydrogen-bond acceptors (Lipinski definition) is 3. The predicted molar refractivity (Wildman–Crippen MR) is 84.8 cm³/mol. The van der Waals surface area contributed by atoms with E-state index in [4.69, 9.17) is 10.5 Å². The predicted octanol–water partition coefficient (Wildman–Crippen LogP) is 3.03. The molecule has 1 saturated carbocycles. The zero-order valence-electron chi connectivity index (χ0n) is 14.3. The summed E-state index contributed by atoms with van der Waals surface area (Å²) in [5.74, 6) is 0.628. The van der Waals surface area contributed by atoms with Gasteiger partial charge in [-0.2, -0.15) is 0 Å². The summed E-state index contributed by atoms with van der Waals surface area (Å²) in [6.07, 6.45) is 3.70. The minimum Gasteiger partial charge on any atom is -0.367 e. The van der Waals surface area contributed by atoms with Gasteiger partial charge in [0.2, 0.25) is 0 Å². The van der Waals surface area contributed by atoms with Crippen molar-refractivity contribution in [2.24, 2.45) is 17.1 Å². The highest BCUT2D eigenvalue weighted by Crippen LogP contribution is 2.39. The van der Waals surface area contributed by atoms with Crippen molar-refractivity contribution < 1.29 is 4.74 Å². The van der Waals surface area contributed by atoms with Crippen molar-refractivity contribution >= 4 is 0 Å². The summed E-state index contributed by atoms with van der Waals surface area (Å²) >= 11 is 0. The Morgan fingerprint density at radius 3 is 2.15 bits per heavy atom. The van der Waals surface area contributed by atoms with E-state index in [1.807, 2.05) is 0 Å². The topological polar surface area (TPSA) is 38.5 Å². The largest absolute Gasteiger partial charge is 0.367 e. The van der Waals surface area contributed by atoms with Gasteiger partial charge in [-0.15, -0.1) is 0 Å². The van der Waals surface area contributed by atoms with Gasteiger partial charge in [-0.1, -0.05) is 13.8 Å². The summed E-state index contributed by atoms with van der Waals surface area (Å²) in [7, 11) is 0. The molecule has 0 aromatic rings. The van der Waals surface area contributed by atoms with Crippen LogP contribution in [0.3, 0.4) is 0 Å². The number of nitrogens with zero attached hydrogens (tertiary/aromatic N) is 1. The van der Waals surface area contributed by atoms with Crippen molar-refractivity contribution in [3.8, 4) is 0 Å². The van der Waals surface area contributed by atoms with Gasteiger partial charge in [0.05, 0.1) is 11.2 Å². The minimum absolute atomic E-state index is 0.0595. The molecule has 0 bridgehead atoms. The number of morpholine rings is 1. The SMILES string of the molecule is CC1(C)CCC(N)C(CN2CC(C)(C)OC(C)(C)C2)C1. The van der Waals surface area contributed by atoms with Crippen molar-refractivity contribution in [2.45, 2.75) is 78.0 Å². The Hall–Kier alpha value is -0.120. The van der Waals surface area contributed by atoms with E-state index in [0.717, 1.165) is 19.6 Å². The Kier molecular flexibility index (Phi) is 4.27. The molecule has 0 amide bonds. The van der Waals surface area contributed by atoms with E-state index in [-0.39, 0.29) is 11.2 Å². The molecular formula is C17H34N2O. The van der Waals surface area contributed by atoms with Gasteiger partial charge in [-0.05, 0) is 58.3 Å². The van der Waals surface area contributed by atoms with Gasteiger partial charge in [0.1, 0.15) is 0 Å². The van der Waals surface area contributed by atoms with Crippen molar-refractivity contribution in [2.75, 3.05) is 19.6 Å². The normalized spacial score (nSPS) is 36.8. The third-order valence-corrected chi connectivity index (χ3v) is 4.83. The number of nitrogens with two attached hydrogens (primary N) is 1. The molecule has 2 rings (SSSR count). The van der Waals surface area contributed by atoms with Crippen LogP contribution >= 0.6 is 0 Å². The first-order chi connectivity index (χ1) is 8.98. The maximum absolute atomic E-state index is 6.39. The van der Waals surface area contributed by atoms with Crippen LogP contribution < -0.4 is 5.73 Å². The van der Waals surface area contributed by atoms with Gasteiger partial charge in [-0.25, -0.2) is 0 Å². The Morgan fingerprint density at radius 1 is 1.05 bits per heavy atom. The highest BCUT2D eigenvalue weighted by Gasteiger charge is 2.40. The Labute approximate surface area is 125 Å². The summed E-state index contributed by atoms with van der Waals surface area (Å²) in [6.45, 7) is 16.7. The summed E-state index contributed by atoms with van der Waals surface area (Å²) in [6, 6.07) is 0.372. The van der Waals surface area contributed by atoms with Crippen LogP contribution in [0.25, 0.3) is 0 Å². The van der Waals surface area contributed by atoms with E-state index in [0.29, 0.717) is 17.4 Å². The summed E-state index contributed by atoms with van der Waals surface area (Å²) in [4.78, 5) is 2.58. The van der Waals surface area contributed by atoms with E-state index >= 15 is 0 Å². The average Bonchev–Trinajstić information content (AvgIpc) is 2.18. The molecule has 1 aliphatic carbocycles. The molecule has 118 valence electrons. The minimum atomic E-state index is -0.0595. The molecule has 2 N–H and O–H groups in total. The van der Waals surface area contributed by atoms with E-state index < -0.39 is 0 Å². The summed E-state index contributed by atoms with van der Waals surface area (Å²) in [5.41, 5.74) is 6.73. The molecule has 2 unspecified atom stereocenters. The number of hydrogen-bond donors (Lipinski definition) is 1. The quantitative estimate of drug-likeness (QED) is 0.846. The molecule has 1 heterocycles. The summed E-state index contributed by atoms with van der Waals surface area (Å²) < 4.78 is 6.18. The van der Waals surface area contributed by atoms with Crippen LogP contribution in [-0.2, 0) is 4.74 Å². The second-order valence-corrected chi connectivity index (χ2v) is 9.12. The molecule has 3 nitrogen and oxygen atoms in total. The molecular weight excluding hydrogens is 248 g/mol. The standard InChI is InChI=1S/C17H34N2O/c1-15(2)8-7-14(18)13(9-15)10-19-11-16(3,4)20-17(5,6)12-19/h13-14H,7-12,18H2,1-6H3. The zero-order chi connectivity index (χ0) is 15.2. The van der Waals surface area contributed by atoms with Crippen LogP contribution in [0.2, 0.25) is 0 Å².